The Morgan fingerprint density at radius 1 is 1.29 bits per heavy atom. The van der Waals surface area contributed by atoms with E-state index >= 15 is 0 Å². The van der Waals surface area contributed by atoms with Crippen LogP contribution in [0.5, 0.6) is 0 Å². The van der Waals surface area contributed by atoms with Crippen molar-refractivity contribution in [2.24, 2.45) is 5.73 Å². The Kier molecular flexibility index (Phi) is 9.79. The fraction of sp³-hybridized carbons (Fsp3) is 0.294. The van der Waals surface area contributed by atoms with Gasteiger partial charge in [-0.3, -0.25) is 0 Å². The van der Waals surface area contributed by atoms with Gasteiger partial charge in [-0.15, -0.1) is 11.0 Å². The molecule has 0 atom stereocenters. The van der Waals surface area contributed by atoms with Crippen LogP contribution in [0, 0.1) is 0 Å². The summed E-state index contributed by atoms with van der Waals surface area (Å²) in [7, 11) is 0. The molecule has 0 aliphatic heterocycles. The summed E-state index contributed by atoms with van der Waals surface area (Å²) in [6, 6.07) is 0. The largest absolute Gasteiger partial charge is 0.366 e. The quantitative estimate of drug-likeness (QED) is 0.192. The molecule has 0 aromatic carbocycles. The van der Waals surface area contributed by atoms with Crippen LogP contribution in [0.1, 0.15) is 19.8 Å². The second kappa shape index (κ2) is 12.0. The maximum atomic E-state index is 11.6. The zero-order chi connectivity index (χ0) is 17.6. The van der Waals surface area contributed by atoms with Crippen LogP contribution in [0.2, 0.25) is 0 Å². The van der Waals surface area contributed by atoms with Crippen molar-refractivity contribution in [3.8, 4) is 0 Å². The molecule has 0 saturated heterocycles. The normalized spacial score (nSPS) is 14.9. The van der Waals surface area contributed by atoms with Crippen molar-refractivity contribution < 1.29 is 19.3 Å². The second-order valence-electron chi connectivity index (χ2n) is 4.84. The predicted octanol–water partition coefficient (Wildman–Crippen LogP) is 1.33. The molecule has 0 unspecified atom stereocenters. The number of hydroxylamine groups is 2. The number of rotatable bonds is 9. The number of allylic oxidation sites excluding steroid dienone is 7. The summed E-state index contributed by atoms with van der Waals surface area (Å²) < 4.78 is 0. The summed E-state index contributed by atoms with van der Waals surface area (Å²) in [5.74, 6) is -1.02. The SMILES string of the molecule is CC(=C/C=C\CN)/C=C/C(=O)ONCNOC(=O)C1=CC=CCC1. The molecule has 0 saturated carbocycles. The van der Waals surface area contributed by atoms with Crippen LogP contribution >= 0.6 is 0 Å². The minimum Gasteiger partial charge on any atom is -0.366 e. The number of carbonyl (C=O) groups excluding carboxylic acids is 2. The van der Waals surface area contributed by atoms with Crippen LogP contribution in [0.15, 0.2) is 59.8 Å². The van der Waals surface area contributed by atoms with Crippen molar-refractivity contribution in [1.82, 2.24) is 11.0 Å². The smallest absolute Gasteiger partial charge is 0.352 e. The van der Waals surface area contributed by atoms with E-state index in [9.17, 15) is 9.59 Å². The van der Waals surface area contributed by atoms with Crippen molar-refractivity contribution in [2.75, 3.05) is 13.2 Å². The van der Waals surface area contributed by atoms with E-state index in [1.807, 2.05) is 25.2 Å². The number of nitrogens with one attached hydrogen (secondary N) is 2. The monoisotopic (exact) mass is 333 g/mol. The lowest BCUT2D eigenvalue weighted by Gasteiger charge is -2.09. The van der Waals surface area contributed by atoms with Crippen LogP contribution in [0.25, 0.3) is 0 Å². The molecule has 0 spiro atoms. The summed E-state index contributed by atoms with van der Waals surface area (Å²) in [5, 5.41) is 0. The Hall–Kier alpha value is -2.48. The Balaban J connectivity index is 2.16. The van der Waals surface area contributed by atoms with Gasteiger partial charge in [0.25, 0.3) is 0 Å². The van der Waals surface area contributed by atoms with Gasteiger partial charge < -0.3 is 15.4 Å². The zero-order valence-corrected chi connectivity index (χ0v) is 13.7. The highest BCUT2D eigenvalue weighted by atomic mass is 16.7. The molecule has 4 N–H and O–H groups in total. The molecule has 0 amide bonds. The highest BCUT2D eigenvalue weighted by Gasteiger charge is 2.11. The third kappa shape index (κ3) is 8.84. The molecule has 1 aliphatic carbocycles. The van der Waals surface area contributed by atoms with Gasteiger partial charge in [-0.1, -0.05) is 48.1 Å². The molecule has 0 fully saturated rings. The second-order valence-corrected chi connectivity index (χ2v) is 4.84. The molecule has 7 nitrogen and oxygen atoms in total. The minimum absolute atomic E-state index is 0.0253. The summed E-state index contributed by atoms with van der Waals surface area (Å²) in [5.41, 5.74) is 11.5. The van der Waals surface area contributed by atoms with Crippen molar-refractivity contribution >= 4 is 11.9 Å². The lowest BCUT2D eigenvalue weighted by atomic mass is 10.1. The fourth-order valence-electron chi connectivity index (χ4n) is 1.66. The van der Waals surface area contributed by atoms with E-state index in [0.29, 0.717) is 18.5 Å². The average molecular weight is 333 g/mol. The van der Waals surface area contributed by atoms with Crippen molar-refractivity contribution in [3.63, 3.8) is 0 Å². The predicted molar refractivity (Wildman–Crippen MR) is 90.9 cm³/mol. The first-order chi connectivity index (χ1) is 11.6. The number of carbonyl (C=O) groups is 2. The molecule has 0 heterocycles. The van der Waals surface area contributed by atoms with E-state index in [1.54, 1.807) is 24.3 Å². The maximum absolute atomic E-state index is 11.6. The standard InChI is InChI=1S/C17H23N3O4/c1-14(7-5-6-12-18)10-11-16(21)23-19-13-20-24-17(22)15-8-3-2-4-9-15/h2-3,5-8,10-11,19-20H,4,9,12-13,18H2,1H3/b6-5-,11-10+,14-7-. The minimum atomic E-state index is -0.571. The molecule has 7 heteroatoms. The van der Waals surface area contributed by atoms with Gasteiger partial charge in [-0.25, -0.2) is 9.59 Å². The maximum Gasteiger partial charge on any atom is 0.352 e. The molecule has 0 aromatic heterocycles. The highest BCUT2D eigenvalue weighted by molar-refractivity contribution is 5.88. The van der Waals surface area contributed by atoms with Gasteiger partial charge in [0.15, 0.2) is 0 Å². The van der Waals surface area contributed by atoms with E-state index in [1.165, 1.54) is 6.08 Å². The summed E-state index contributed by atoms with van der Waals surface area (Å²) in [4.78, 5) is 32.6. The van der Waals surface area contributed by atoms with Crippen LogP contribution < -0.4 is 16.7 Å². The van der Waals surface area contributed by atoms with Gasteiger partial charge in [-0.05, 0) is 19.8 Å². The first kappa shape index (κ1) is 19.6. The Morgan fingerprint density at radius 2 is 2.08 bits per heavy atom. The number of hydrogen-bond acceptors (Lipinski definition) is 7. The summed E-state index contributed by atoms with van der Waals surface area (Å²) in [6.07, 6.45) is 15.3. The van der Waals surface area contributed by atoms with Gasteiger partial charge in [0.1, 0.15) is 6.67 Å². The van der Waals surface area contributed by atoms with Crippen molar-refractivity contribution in [2.45, 2.75) is 19.8 Å². The number of nitrogens with two attached hydrogens (primary N) is 1. The van der Waals surface area contributed by atoms with Gasteiger partial charge in [0, 0.05) is 18.2 Å². The Labute approximate surface area is 141 Å². The first-order valence-corrected chi connectivity index (χ1v) is 7.58. The molecule has 0 aromatic rings. The lowest BCUT2D eigenvalue weighted by Crippen LogP contribution is -2.32. The number of hydrogen-bond donors (Lipinski definition) is 3. The van der Waals surface area contributed by atoms with E-state index < -0.39 is 11.9 Å². The molecule has 24 heavy (non-hydrogen) atoms. The molecular weight excluding hydrogens is 310 g/mol. The van der Waals surface area contributed by atoms with Gasteiger partial charge in [0.05, 0.1) is 0 Å². The molecular formula is C17H23N3O4. The summed E-state index contributed by atoms with van der Waals surface area (Å²) in [6.45, 7) is 2.28. The average Bonchev–Trinajstić information content (AvgIpc) is 2.60. The molecule has 0 radical (unpaired) electrons. The van der Waals surface area contributed by atoms with E-state index in [2.05, 4.69) is 11.0 Å². The van der Waals surface area contributed by atoms with Crippen molar-refractivity contribution in [3.05, 3.63) is 59.8 Å². The lowest BCUT2D eigenvalue weighted by molar-refractivity contribution is -0.152. The Morgan fingerprint density at radius 3 is 2.79 bits per heavy atom. The third-order valence-corrected chi connectivity index (χ3v) is 2.87. The van der Waals surface area contributed by atoms with Gasteiger partial charge >= 0.3 is 11.9 Å². The third-order valence-electron chi connectivity index (χ3n) is 2.87. The molecule has 0 bridgehead atoms. The summed E-state index contributed by atoms with van der Waals surface area (Å²) >= 11 is 0. The molecule has 1 rings (SSSR count). The molecule has 1 aliphatic rings. The van der Waals surface area contributed by atoms with E-state index in [4.69, 9.17) is 15.4 Å². The fourth-order valence-corrected chi connectivity index (χ4v) is 1.66. The van der Waals surface area contributed by atoms with Gasteiger partial charge in [0.2, 0.25) is 0 Å². The first-order valence-electron chi connectivity index (χ1n) is 7.58. The van der Waals surface area contributed by atoms with E-state index in [-0.39, 0.29) is 6.67 Å². The van der Waals surface area contributed by atoms with Crippen LogP contribution in [0.3, 0.4) is 0 Å². The van der Waals surface area contributed by atoms with Crippen LogP contribution in [-0.4, -0.2) is 25.2 Å². The topological polar surface area (TPSA) is 103 Å². The highest BCUT2D eigenvalue weighted by Crippen LogP contribution is 2.12. The Bertz CT molecular complexity index is 574. The van der Waals surface area contributed by atoms with Crippen LogP contribution in [0.4, 0.5) is 0 Å². The zero-order valence-electron chi connectivity index (χ0n) is 13.7. The molecule has 130 valence electrons. The van der Waals surface area contributed by atoms with E-state index in [0.717, 1.165) is 12.0 Å². The van der Waals surface area contributed by atoms with Crippen LogP contribution in [-0.2, 0) is 19.3 Å². The van der Waals surface area contributed by atoms with Crippen molar-refractivity contribution in [1.29, 1.82) is 0 Å². The van der Waals surface area contributed by atoms with Gasteiger partial charge in [-0.2, -0.15) is 0 Å².